The lowest BCUT2D eigenvalue weighted by Gasteiger charge is -2.39. The number of thiophene rings is 1. The fourth-order valence-corrected chi connectivity index (χ4v) is 7.12. The number of carboxylic acid groups (broad SMARTS) is 1. The highest BCUT2D eigenvalue weighted by atomic mass is 32.1. The standard InChI is InChI=1S/C29H28F3N3O5S2/c1-2-17-13-18(11-12-35(17)28-33-21(15-41-28)23-9-10-24(42-23)27(36)37)38-14-20-25(34-40-26(20)16-7-8-16)19-5-3-4-6-22(19)39-29(30,31)32/h3-6,9-10,15-18H,2,7-8,11-14H2,1H3,(H,36,37)/t17-,18-/m1/s1. The molecule has 0 radical (unpaired) electrons. The van der Waals surface area contributed by atoms with Crippen molar-refractivity contribution in [3.8, 4) is 27.6 Å². The maximum absolute atomic E-state index is 13.1. The van der Waals surface area contributed by atoms with E-state index in [-0.39, 0.29) is 40.9 Å². The van der Waals surface area contributed by atoms with Gasteiger partial charge < -0.3 is 24.0 Å². The van der Waals surface area contributed by atoms with E-state index in [0.29, 0.717) is 17.0 Å². The number of carbonyl (C=O) groups is 1. The molecular formula is C29H28F3N3O5S2. The van der Waals surface area contributed by atoms with E-state index in [1.807, 2.05) is 5.38 Å². The minimum atomic E-state index is -4.83. The van der Waals surface area contributed by atoms with Crippen molar-refractivity contribution in [2.24, 2.45) is 0 Å². The largest absolute Gasteiger partial charge is 0.573 e. The number of alkyl halides is 3. The topological polar surface area (TPSA) is 97.9 Å². The molecule has 0 unspecified atom stereocenters. The summed E-state index contributed by atoms with van der Waals surface area (Å²) < 4.78 is 55.6. The zero-order chi connectivity index (χ0) is 29.4. The lowest BCUT2D eigenvalue weighted by atomic mass is 9.97. The molecule has 2 fully saturated rings. The highest BCUT2D eigenvalue weighted by molar-refractivity contribution is 7.18. The molecule has 1 aromatic carbocycles. The molecule has 2 aliphatic rings. The first-order valence-electron chi connectivity index (χ1n) is 13.7. The SMILES string of the molecule is CC[C@@H]1C[C@H](OCc2c(-c3ccccc3OC(F)(F)F)noc2C2CC2)CCN1c1nc(-c2ccc(C(=O)O)s2)cs1. The number of aromatic carboxylic acids is 1. The number of piperidine rings is 1. The Bertz CT molecular complexity index is 1560. The molecule has 2 atom stereocenters. The molecule has 4 aromatic rings. The van der Waals surface area contributed by atoms with Crippen molar-refractivity contribution in [3.05, 3.63) is 58.0 Å². The van der Waals surface area contributed by atoms with E-state index in [1.54, 1.807) is 24.3 Å². The number of hydrogen-bond donors (Lipinski definition) is 1. The average Bonchev–Trinajstić information content (AvgIpc) is 3.34. The van der Waals surface area contributed by atoms with Gasteiger partial charge in [-0.05, 0) is 56.4 Å². The minimum Gasteiger partial charge on any atom is -0.477 e. The lowest BCUT2D eigenvalue weighted by molar-refractivity contribution is -0.274. The molecule has 1 aliphatic carbocycles. The Kier molecular flexibility index (Phi) is 7.99. The number of rotatable bonds is 10. The molecule has 222 valence electrons. The Morgan fingerprint density at radius 2 is 2.00 bits per heavy atom. The van der Waals surface area contributed by atoms with Gasteiger partial charge in [-0.15, -0.1) is 35.8 Å². The van der Waals surface area contributed by atoms with E-state index in [9.17, 15) is 23.1 Å². The maximum Gasteiger partial charge on any atom is 0.573 e. The van der Waals surface area contributed by atoms with Gasteiger partial charge in [0.2, 0.25) is 0 Å². The summed E-state index contributed by atoms with van der Waals surface area (Å²) in [5, 5.41) is 16.3. The number of benzene rings is 1. The normalized spacial score (nSPS) is 19.3. The molecule has 1 N–H and O–H groups in total. The summed E-state index contributed by atoms with van der Waals surface area (Å²) in [6.07, 6.45) is -0.610. The molecule has 42 heavy (non-hydrogen) atoms. The Morgan fingerprint density at radius 3 is 2.71 bits per heavy atom. The third kappa shape index (κ3) is 6.18. The number of halogens is 3. The number of aromatic nitrogens is 2. The second-order valence-corrected chi connectivity index (χ2v) is 12.3. The van der Waals surface area contributed by atoms with Gasteiger partial charge in [-0.1, -0.05) is 24.2 Å². The van der Waals surface area contributed by atoms with Gasteiger partial charge in [0.05, 0.1) is 23.3 Å². The number of ether oxygens (including phenoxy) is 2. The molecule has 6 rings (SSSR count). The second-order valence-electron chi connectivity index (χ2n) is 10.4. The fraction of sp³-hybridized carbons (Fsp3) is 0.414. The van der Waals surface area contributed by atoms with Gasteiger partial charge >= 0.3 is 12.3 Å². The summed E-state index contributed by atoms with van der Waals surface area (Å²) in [4.78, 5) is 19.5. The number of para-hydroxylation sites is 1. The first kappa shape index (κ1) is 28.7. The van der Waals surface area contributed by atoms with Crippen LogP contribution in [0.15, 0.2) is 46.3 Å². The van der Waals surface area contributed by atoms with Gasteiger partial charge in [0.1, 0.15) is 22.1 Å². The maximum atomic E-state index is 13.1. The Hall–Kier alpha value is -3.42. The lowest BCUT2D eigenvalue weighted by Crippen LogP contribution is -2.44. The van der Waals surface area contributed by atoms with E-state index in [4.69, 9.17) is 14.2 Å². The molecule has 1 saturated carbocycles. The summed E-state index contributed by atoms with van der Waals surface area (Å²) in [6, 6.07) is 9.51. The van der Waals surface area contributed by atoms with Crippen LogP contribution in [0.4, 0.5) is 18.3 Å². The van der Waals surface area contributed by atoms with Crippen LogP contribution in [-0.4, -0.2) is 46.3 Å². The van der Waals surface area contributed by atoms with E-state index in [2.05, 4.69) is 21.7 Å². The Labute approximate surface area is 247 Å². The summed E-state index contributed by atoms with van der Waals surface area (Å²) in [7, 11) is 0. The van der Waals surface area contributed by atoms with Gasteiger partial charge in [0, 0.05) is 35.0 Å². The van der Waals surface area contributed by atoms with Crippen molar-refractivity contribution in [2.75, 3.05) is 11.4 Å². The van der Waals surface area contributed by atoms with E-state index < -0.39 is 12.3 Å². The molecule has 3 aromatic heterocycles. The smallest absolute Gasteiger partial charge is 0.477 e. The number of anilines is 1. The van der Waals surface area contributed by atoms with Crippen LogP contribution >= 0.6 is 22.7 Å². The van der Waals surface area contributed by atoms with Gasteiger partial charge in [-0.3, -0.25) is 0 Å². The van der Waals surface area contributed by atoms with Crippen LogP contribution in [0.2, 0.25) is 0 Å². The predicted octanol–water partition coefficient (Wildman–Crippen LogP) is 7.97. The Morgan fingerprint density at radius 1 is 1.19 bits per heavy atom. The van der Waals surface area contributed by atoms with E-state index >= 15 is 0 Å². The van der Waals surface area contributed by atoms with Crippen molar-refractivity contribution >= 4 is 33.8 Å². The molecule has 1 aliphatic heterocycles. The number of carboxylic acids is 1. The third-order valence-electron chi connectivity index (χ3n) is 7.54. The van der Waals surface area contributed by atoms with Gasteiger partial charge in [-0.25, -0.2) is 9.78 Å². The molecule has 0 amide bonds. The first-order chi connectivity index (χ1) is 20.2. The predicted molar refractivity (Wildman–Crippen MR) is 152 cm³/mol. The minimum absolute atomic E-state index is 0.0578. The zero-order valence-corrected chi connectivity index (χ0v) is 24.2. The van der Waals surface area contributed by atoms with Crippen LogP contribution in [0.5, 0.6) is 5.75 Å². The van der Waals surface area contributed by atoms with Crippen LogP contribution in [0.3, 0.4) is 0 Å². The van der Waals surface area contributed by atoms with Gasteiger partial charge in [0.25, 0.3) is 0 Å². The molecule has 8 nitrogen and oxygen atoms in total. The summed E-state index contributed by atoms with van der Waals surface area (Å²) in [6.45, 7) is 3.03. The van der Waals surface area contributed by atoms with Crippen LogP contribution in [0.25, 0.3) is 21.8 Å². The van der Waals surface area contributed by atoms with Crippen LogP contribution in [0, 0.1) is 0 Å². The average molecular weight is 620 g/mol. The van der Waals surface area contributed by atoms with Crippen molar-refractivity contribution in [2.45, 2.75) is 70.1 Å². The molecular weight excluding hydrogens is 591 g/mol. The first-order valence-corrected chi connectivity index (χ1v) is 15.4. The molecule has 0 bridgehead atoms. The fourth-order valence-electron chi connectivity index (χ4n) is 5.32. The summed E-state index contributed by atoms with van der Waals surface area (Å²) in [5.74, 6) is -0.409. The number of nitrogens with zero attached hydrogens (tertiary/aromatic N) is 3. The van der Waals surface area contributed by atoms with Crippen molar-refractivity contribution < 1.29 is 37.1 Å². The van der Waals surface area contributed by atoms with Crippen molar-refractivity contribution in [1.82, 2.24) is 10.1 Å². The summed E-state index contributed by atoms with van der Waals surface area (Å²) in [5.41, 5.74) is 1.97. The number of thiazole rings is 1. The molecule has 0 spiro atoms. The highest BCUT2D eigenvalue weighted by Gasteiger charge is 2.37. The van der Waals surface area contributed by atoms with Crippen LogP contribution in [0.1, 0.15) is 65.9 Å². The third-order valence-corrected chi connectivity index (χ3v) is 9.52. The molecule has 13 heteroatoms. The quantitative estimate of drug-likeness (QED) is 0.191. The monoisotopic (exact) mass is 619 g/mol. The second kappa shape index (κ2) is 11.7. The Balaban J connectivity index is 1.16. The van der Waals surface area contributed by atoms with Crippen molar-refractivity contribution in [3.63, 3.8) is 0 Å². The van der Waals surface area contributed by atoms with E-state index in [0.717, 1.165) is 54.4 Å². The molecule has 4 heterocycles. The van der Waals surface area contributed by atoms with Gasteiger partial charge in [-0.2, -0.15) is 0 Å². The highest BCUT2D eigenvalue weighted by Crippen LogP contribution is 2.46. The number of hydrogen-bond acceptors (Lipinski definition) is 9. The molecule has 1 saturated heterocycles. The summed E-state index contributed by atoms with van der Waals surface area (Å²) >= 11 is 2.74. The van der Waals surface area contributed by atoms with Crippen LogP contribution < -0.4 is 9.64 Å². The zero-order valence-electron chi connectivity index (χ0n) is 22.6. The van der Waals surface area contributed by atoms with Crippen LogP contribution in [-0.2, 0) is 11.3 Å². The van der Waals surface area contributed by atoms with Crippen molar-refractivity contribution in [1.29, 1.82) is 0 Å². The van der Waals surface area contributed by atoms with Gasteiger partial charge in [0.15, 0.2) is 5.13 Å². The van der Waals surface area contributed by atoms with E-state index in [1.165, 1.54) is 34.8 Å².